The van der Waals surface area contributed by atoms with Crippen molar-refractivity contribution in [3.05, 3.63) is 58.4 Å². The SMILES string of the molecule is COc1ncc(Cl)cc1S(=O)Nc1ccc(F)c(C#C/C(C=N)=C/N)c1F. The Balaban J connectivity index is 2.41. The summed E-state index contributed by atoms with van der Waals surface area (Å²) in [6.45, 7) is 0. The Labute approximate surface area is 161 Å². The zero-order chi connectivity index (χ0) is 20.0. The van der Waals surface area contributed by atoms with Crippen molar-refractivity contribution in [1.29, 1.82) is 5.41 Å². The molecule has 27 heavy (non-hydrogen) atoms. The summed E-state index contributed by atoms with van der Waals surface area (Å²) in [4.78, 5) is 3.96. The van der Waals surface area contributed by atoms with Crippen LogP contribution in [0.15, 0.2) is 41.1 Å². The molecule has 0 amide bonds. The average molecular weight is 411 g/mol. The van der Waals surface area contributed by atoms with Crippen LogP contribution in [0.4, 0.5) is 14.5 Å². The molecule has 0 saturated carbocycles. The van der Waals surface area contributed by atoms with Crippen LogP contribution in [0.2, 0.25) is 5.02 Å². The van der Waals surface area contributed by atoms with Gasteiger partial charge in [-0.05, 0) is 18.2 Å². The molecule has 0 aliphatic heterocycles. The summed E-state index contributed by atoms with van der Waals surface area (Å²) in [5.41, 5.74) is 4.50. The molecule has 10 heteroatoms. The fourth-order valence-corrected chi connectivity index (χ4v) is 3.07. The molecule has 2 aromatic rings. The molecular formula is C17H13ClF2N4O2S. The van der Waals surface area contributed by atoms with E-state index in [9.17, 15) is 13.0 Å². The van der Waals surface area contributed by atoms with Crippen LogP contribution >= 0.6 is 11.6 Å². The number of methoxy groups -OCH3 is 1. The lowest BCUT2D eigenvalue weighted by Crippen LogP contribution is -2.09. The van der Waals surface area contributed by atoms with Crippen molar-refractivity contribution in [1.82, 2.24) is 4.98 Å². The van der Waals surface area contributed by atoms with E-state index in [-0.39, 0.29) is 27.1 Å². The molecule has 1 aromatic heterocycles. The van der Waals surface area contributed by atoms with Gasteiger partial charge in [-0.25, -0.2) is 18.0 Å². The Morgan fingerprint density at radius 3 is 2.85 bits per heavy atom. The van der Waals surface area contributed by atoms with Crippen molar-refractivity contribution < 1.29 is 17.7 Å². The molecule has 0 aliphatic carbocycles. The lowest BCUT2D eigenvalue weighted by Gasteiger charge is -2.11. The number of nitrogens with two attached hydrogens (primary N) is 1. The quantitative estimate of drug-likeness (QED) is 0.521. The van der Waals surface area contributed by atoms with Crippen LogP contribution in [0.25, 0.3) is 0 Å². The van der Waals surface area contributed by atoms with E-state index in [2.05, 4.69) is 21.5 Å². The lowest BCUT2D eigenvalue weighted by atomic mass is 10.1. The van der Waals surface area contributed by atoms with Gasteiger partial charge in [0.05, 0.1) is 29.0 Å². The minimum atomic E-state index is -2.00. The minimum absolute atomic E-state index is 0.0384. The second-order valence-electron chi connectivity index (χ2n) is 4.83. The van der Waals surface area contributed by atoms with Crippen molar-refractivity contribution >= 4 is 34.5 Å². The Kier molecular flexibility index (Phi) is 6.87. The predicted octanol–water partition coefficient (Wildman–Crippen LogP) is 3.00. The number of aromatic nitrogens is 1. The van der Waals surface area contributed by atoms with Gasteiger partial charge in [0.25, 0.3) is 0 Å². The van der Waals surface area contributed by atoms with Gasteiger partial charge in [0.15, 0.2) is 16.8 Å². The number of rotatable bonds is 5. The molecular weight excluding hydrogens is 398 g/mol. The lowest BCUT2D eigenvalue weighted by molar-refractivity contribution is 0.386. The normalized spacial score (nSPS) is 11.9. The van der Waals surface area contributed by atoms with Crippen molar-refractivity contribution in [3.8, 4) is 17.7 Å². The van der Waals surface area contributed by atoms with Crippen LogP contribution in [0, 0.1) is 28.9 Å². The fourth-order valence-electron chi connectivity index (χ4n) is 1.86. The maximum atomic E-state index is 14.6. The van der Waals surface area contributed by atoms with Gasteiger partial charge in [0, 0.05) is 18.6 Å². The number of hydrogen-bond acceptors (Lipinski definition) is 5. The summed E-state index contributed by atoms with van der Waals surface area (Å²) in [5, 5.41) is 7.28. The summed E-state index contributed by atoms with van der Waals surface area (Å²) >= 11 is 5.84. The Hall–Kier alpha value is -2.96. The highest BCUT2D eigenvalue weighted by atomic mass is 35.5. The highest BCUT2D eigenvalue weighted by Gasteiger charge is 2.18. The van der Waals surface area contributed by atoms with Crippen molar-refractivity contribution in [2.75, 3.05) is 11.8 Å². The highest BCUT2D eigenvalue weighted by molar-refractivity contribution is 7.86. The number of halogens is 3. The molecule has 1 aromatic carbocycles. The number of anilines is 1. The van der Waals surface area contributed by atoms with E-state index in [1.165, 1.54) is 19.4 Å². The summed E-state index contributed by atoms with van der Waals surface area (Å²) in [6.07, 6.45) is 3.18. The van der Waals surface area contributed by atoms with Crippen LogP contribution in [0.3, 0.4) is 0 Å². The first kappa shape index (κ1) is 20.4. The molecule has 140 valence electrons. The van der Waals surface area contributed by atoms with Crippen LogP contribution < -0.4 is 15.2 Å². The monoisotopic (exact) mass is 410 g/mol. The summed E-state index contributed by atoms with van der Waals surface area (Å²) in [5.74, 6) is 2.71. The molecule has 1 unspecified atom stereocenters. The maximum Gasteiger partial charge on any atom is 0.231 e. The number of nitrogens with zero attached hydrogens (tertiary/aromatic N) is 1. The van der Waals surface area contributed by atoms with Gasteiger partial charge in [-0.1, -0.05) is 23.4 Å². The first-order chi connectivity index (χ1) is 12.9. The van der Waals surface area contributed by atoms with Gasteiger partial charge in [0.2, 0.25) is 5.88 Å². The van der Waals surface area contributed by atoms with Crippen LogP contribution in [-0.4, -0.2) is 22.5 Å². The number of pyridine rings is 1. The molecule has 0 radical (unpaired) electrons. The summed E-state index contributed by atoms with van der Waals surface area (Å²) in [7, 11) is -0.669. The Morgan fingerprint density at radius 2 is 2.22 bits per heavy atom. The van der Waals surface area contributed by atoms with Crippen LogP contribution in [0.1, 0.15) is 5.56 Å². The topological polar surface area (TPSA) is 101 Å². The van der Waals surface area contributed by atoms with Crippen LogP contribution in [0.5, 0.6) is 5.88 Å². The van der Waals surface area contributed by atoms with E-state index in [0.29, 0.717) is 0 Å². The second-order valence-corrected chi connectivity index (χ2v) is 6.45. The minimum Gasteiger partial charge on any atom is -0.480 e. The van der Waals surface area contributed by atoms with E-state index in [1.807, 2.05) is 0 Å². The van der Waals surface area contributed by atoms with Crippen molar-refractivity contribution in [2.45, 2.75) is 4.90 Å². The van der Waals surface area contributed by atoms with E-state index in [1.54, 1.807) is 0 Å². The molecule has 2 rings (SSSR count). The molecule has 0 spiro atoms. The molecule has 0 fully saturated rings. The van der Waals surface area contributed by atoms with Gasteiger partial charge < -0.3 is 15.9 Å². The molecule has 0 saturated heterocycles. The first-order valence-electron chi connectivity index (χ1n) is 7.21. The van der Waals surface area contributed by atoms with Gasteiger partial charge in [0.1, 0.15) is 10.7 Å². The molecule has 1 heterocycles. The van der Waals surface area contributed by atoms with Crippen LogP contribution in [-0.2, 0) is 11.0 Å². The number of allylic oxidation sites excluding steroid dienone is 1. The molecule has 0 aliphatic rings. The summed E-state index contributed by atoms with van der Waals surface area (Å²) < 4.78 is 48.5. The second kappa shape index (κ2) is 9.12. The van der Waals surface area contributed by atoms with Crippen molar-refractivity contribution in [2.24, 2.45) is 5.73 Å². The van der Waals surface area contributed by atoms with E-state index in [4.69, 9.17) is 27.5 Å². The van der Waals surface area contributed by atoms with E-state index >= 15 is 0 Å². The zero-order valence-electron chi connectivity index (χ0n) is 13.8. The molecule has 4 N–H and O–H groups in total. The predicted molar refractivity (Wildman–Crippen MR) is 100 cm³/mol. The third kappa shape index (κ3) is 4.81. The standard InChI is InChI=1S/C17H13ClF2N4O2S/c1-26-17-15(6-11(18)9-23-17)27(25)24-14-5-4-13(19)12(16(14)20)3-2-10(7-21)8-22/h4-9,21,24H,22H2,1H3/b10-8-,21-7?. The van der Waals surface area contributed by atoms with Gasteiger partial charge >= 0.3 is 0 Å². The molecule has 1 atom stereocenters. The third-order valence-corrected chi connectivity index (χ3v) is 4.44. The number of ether oxygens (including phenoxy) is 1. The molecule has 6 nitrogen and oxygen atoms in total. The first-order valence-corrected chi connectivity index (χ1v) is 8.74. The number of nitrogens with one attached hydrogen (secondary N) is 2. The average Bonchev–Trinajstić information content (AvgIpc) is 2.66. The summed E-state index contributed by atoms with van der Waals surface area (Å²) in [6, 6.07) is 3.39. The Morgan fingerprint density at radius 1 is 1.48 bits per heavy atom. The maximum absolute atomic E-state index is 14.6. The Bertz CT molecular complexity index is 1000. The van der Waals surface area contributed by atoms with Gasteiger partial charge in [-0.15, -0.1) is 0 Å². The third-order valence-electron chi connectivity index (χ3n) is 3.14. The number of hydrogen-bond donors (Lipinski definition) is 3. The number of benzene rings is 1. The van der Waals surface area contributed by atoms with Crippen molar-refractivity contribution in [3.63, 3.8) is 0 Å². The van der Waals surface area contributed by atoms with Gasteiger partial charge in [-0.2, -0.15) is 0 Å². The largest absolute Gasteiger partial charge is 0.480 e. The van der Waals surface area contributed by atoms with Gasteiger partial charge in [-0.3, -0.25) is 4.72 Å². The van der Waals surface area contributed by atoms with E-state index < -0.39 is 28.2 Å². The highest BCUT2D eigenvalue weighted by Crippen LogP contribution is 2.26. The fraction of sp³-hybridized carbons (Fsp3) is 0.0588. The van der Waals surface area contributed by atoms with E-state index in [0.717, 1.165) is 24.5 Å². The smallest absolute Gasteiger partial charge is 0.231 e. The zero-order valence-corrected chi connectivity index (χ0v) is 15.4. The molecule has 0 bridgehead atoms.